The van der Waals surface area contributed by atoms with E-state index in [1.54, 1.807) is 6.07 Å². The Kier molecular flexibility index (Phi) is 9.52. The molecule has 0 aliphatic heterocycles. The van der Waals surface area contributed by atoms with Crippen molar-refractivity contribution in [1.29, 1.82) is 0 Å². The second-order valence-corrected chi connectivity index (χ2v) is 16.4. The second-order valence-electron chi connectivity index (χ2n) is 16.4. The van der Waals surface area contributed by atoms with Gasteiger partial charge in [0.25, 0.3) is 0 Å². The first-order valence-electron chi connectivity index (χ1n) is 22.6. The van der Waals surface area contributed by atoms with Gasteiger partial charge in [0, 0.05) is 51.5 Å². The van der Waals surface area contributed by atoms with E-state index < -0.39 is 13.7 Å². The fraction of sp³-hybridized carbons (Fsp3) is 0.222. The Bertz CT molecular complexity index is 3130. The van der Waals surface area contributed by atoms with Crippen molar-refractivity contribution >= 4 is 43.5 Å². The molecule has 0 N–H and O–H groups in total. The van der Waals surface area contributed by atoms with E-state index in [4.69, 9.17) is 12.6 Å². The molecule has 0 aliphatic carbocycles. The summed E-state index contributed by atoms with van der Waals surface area (Å²) in [5.41, 5.74) is 9.21. The summed E-state index contributed by atoms with van der Waals surface area (Å²) in [6.07, 6.45) is 3.37. The number of hydrogen-bond donors (Lipinski definition) is 0. The van der Waals surface area contributed by atoms with Crippen molar-refractivity contribution in [2.24, 2.45) is 0 Å². The number of pyridine rings is 2. The van der Waals surface area contributed by atoms with E-state index in [9.17, 15) is 0 Å². The maximum Gasteiger partial charge on any atom is 0.129 e. The average molecular weight is 941 g/mol. The Labute approximate surface area is 365 Å². The average Bonchev–Trinajstić information content (AvgIpc) is 3.65. The third-order valence-electron chi connectivity index (χ3n) is 10.8. The number of nitrogens with zero attached hydrogens (tertiary/aromatic N) is 2. The van der Waals surface area contributed by atoms with E-state index in [0.29, 0.717) is 44.7 Å². The van der Waals surface area contributed by atoms with Crippen LogP contribution in [0.1, 0.15) is 96.3 Å². The van der Waals surface area contributed by atoms with Gasteiger partial charge in [-0.15, -0.1) is 53.6 Å². The molecule has 0 spiro atoms. The molecule has 0 saturated heterocycles. The summed E-state index contributed by atoms with van der Waals surface area (Å²) >= 11 is 0. The number of hydrogen-bond acceptors (Lipinski definition) is 3. The van der Waals surface area contributed by atoms with E-state index in [1.165, 1.54) is 23.4 Å². The van der Waals surface area contributed by atoms with E-state index >= 15 is 0 Å². The molecule has 0 amide bonds. The number of fused-ring (bicyclic) bond motifs is 7. The van der Waals surface area contributed by atoms with E-state index in [-0.39, 0.29) is 42.6 Å². The molecule has 0 aliphatic rings. The summed E-state index contributed by atoms with van der Waals surface area (Å²) < 4.78 is 57.0. The van der Waals surface area contributed by atoms with Crippen molar-refractivity contribution in [1.82, 2.24) is 9.97 Å². The normalized spacial score (nSPS) is 13.7. The van der Waals surface area contributed by atoms with Gasteiger partial charge in [-0.1, -0.05) is 151 Å². The molecule has 58 heavy (non-hydrogen) atoms. The van der Waals surface area contributed by atoms with Gasteiger partial charge in [-0.3, -0.25) is 0 Å². The van der Waals surface area contributed by atoms with Gasteiger partial charge >= 0.3 is 0 Å². The second kappa shape index (κ2) is 16.4. The third kappa shape index (κ3) is 7.76. The van der Waals surface area contributed by atoms with Crippen LogP contribution >= 0.6 is 0 Å². The van der Waals surface area contributed by atoms with Crippen molar-refractivity contribution in [3.63, 3.8) is 0 Å². The van der Waals surface area contributed by atoms with E-state index in [1.807, 2.05) is 79.0 Å². The topological polar surface area (TPSA) is 38.9 Å². The minimum absolute atomic E-state index is 0. The summed E-state index contributed by atoms with van der Waals surface area (Å²) in [7, 11) is 0. The van der Waals surface area contributed by atoms with Crippen LogP contribution in [0.25, 0.3) is 77.1 Å². The Morgan fingerprint density at radius 2 is 1.40 bits per heavy atom. The van der Waals surface area contributed by atoms with Crippen LogP contribution in [0.5, 0.6) is 0 Å². The van der Waals surface area contributed by atoms with Crippen LogP contribution in [0, 0.1) is 25.8 Å². The fourth-order valence-corrected chi connectivity index (χ4v) is 7.59. The molecular formula is C54H50IrN2O-2. The Morgan fingerprint density at radius 1 is 0.638 bits per heavy atom. The van der Waals surface area contributed by atoms with Gasteiger partial charge in [0.15, 0.2) is 0 Å². The van der Waals surface area contributed by atoms with Gasteiger partial charge in [0.05, 0.1) is 5.58 Å². The number of aryl methyl sites for hydroxylation is 2. The number of benzene rings is 6. The number of furan rings is 1. The Balaban J connectivity index is 0.000000304. The van der Waals surface area contributed by atoms with E-state index in [2.05, 4.69) is 101 Å². The zero-order valence-corrected chi connectivity index (χ0v) is 36.3. The number of aromatic nitrogens is 2. The van der Waals surface area contributed by atoms with Crippen LogP contribution < -0.4 is 0 Å². The molecule has 4 heteroatoms. The molecule has 3 nitrogen and oxygen atoms in total. The zero-order chi connectivity index (χ0) is 45.0. The molecule has 0 atom stereocenters. The fourth-order valence-electron chi connectivity index (χ4n) is 7.59. The molecule has 0 fully saturated rings. The first-order chi connectivity index (χ1) is 29.8. The van der Waals surface area contributed by atoms with Crippen LogP contribution in [0.2, 0.25) is 0 Å². The minimum atomic E-state index is -2.42. The monoisotopic (exact) mass is 941 g/mol. The first kappa shape index (κ1) is 33.6. The van der Waals surface area contributed by atoms with Gasteiger partial charge in [0.1, 0.15) is 5.58 Å². The van der Waals surface area contributed by atoms with Crippen LogP contribution in [-0.4, -0.2) is 9.97 Å². The predicted molar refractivity (Wildman–Crippen MR) is 241 cm³/mol. The minimum Gasteiger partial charge on any atom is -0.500 e. The van der Waals surface area contributed by atoms with Crippen LogP contribution in [-0.2, 0) is 25.5 Å². The van der Waals surface area contributed by atoms with Crippen LogP contribution in [0.4, 0.5) is 0 Å². The molecular weight excluding hydrogens is 885 g/mol. The van der Waals surface area contributed by atoms with Gasteiger partial charge in [-0.05, 0) is 85.0 Å². The molecule has 293 valence electrons. The van der Waals surface area contributed by atoms with Crippen molar-refractivity contribution < 1.29 is 32.7 Å². The quantitative estimate of drug-likeness (QED) is 0.127. The van der Waals surface area contributed by atoms with Crippen molar-refractivity contribution in [3.8, 4) is 33.6 Å². The molecule has 1 radical (unpaired) electrons. The maximum atomic E-state index is 8.39. The molecule has 0 bridgehead atoms. The molecule has 9 rings (SSSR count). The molecule has 3 heterocycles. The smallest absolute Gasteiger partial charge is 0.129 e. The summed E-state index contributed by atoms with van der Waals surface area (Å²) in [6.45, 7) is 10.2. The van der Waals surface area contributed by atoms with Crippen LogP contribution in [0.3, 0.4) is 0 Å². The van der Waals surface area contributed by atoms with Gasteiger partial charge in [-0.2, -0.15) is 0 Å². The standard InChI is InChI=1S/C39H34NO.C15H16N.Ir/c1-22(2)28-15-17-30(33(19-28)23(3)4)34-20-35(40-21-25(34)6)31-16-11-24(5)36-32-18-14-27-13-12-26-9-7-8-10-29(26)37(27)39(32)41-38(31)36;1-15(2,3)13-9-10-14(16-11-13)12-7-5-4-6-8-12;/h7-15,17-23H,1-6H3;4-7,9-11H,1-3H3;/q2*-1;/i5D3,6D3;;. The Hall–Kier alpha value is -5.41. The van der Waals surface area contributed by atoms with Crippen molar-refractivity contribution in [2.75, 3.05) is 0 Å². The predicted octanol–water partition coefficient (Wildman–Crippen LogP) is 15.1. The van der Waals surface area contributed by atoms with Gasteiger partial charge in [-0.25, -0.2) is 0 Å². The zero-order valence-electron chi connectivity index (χ0n) is 39.9. The molecule has 9 aromatic rings. The number of rotatable bonds is 5. The van der Waals surface area contributed by atoms with Crippen molar-refractivity contribution in [3.05, 3.63) is 168 Å². The molecule has 6 aromatic carbocycles. The summed E-state index contributed by atoms with van der Waals surface area (Å²) in [6, 6.07) is 44.1. The first-order valence-corrected chi connectivity index (χ1v) is 19.6. The van der Waals surface area contributed by atoms with Gasteiger partial charge < -0.3 is 14.4 Å². The Morgan fingerprint density at radius 3 is 2.10 bits per heavy atom. The largest absolute Gasteiger partial charge is 0.500 e. The van der Waals surface area contributed by atoms with Crippen LogP contribution in [0.15, 0.2) is 132 Å². The van der Waals surface area contributed by atoms with Gasteiger partial charge in [0.2, 0.25) is 0 Å². The SMILES string of the molecule is CC(C)(C)c1ccc(-c2[c-]cccc2)nc1.[2H]C([2H])([2H])c1cnc(-c2[c-]cc(C([2H])([2H])[2H])c3c2oc2c3ccc3ccc4ccccc4c32)cc1-c1ccc(C(C)C)cc1C(C)C.[Ir]. The molecule has 0 unspecified atom stereocenters. The van der Waals surface area contributed by atoms with E-state index in [0.717, 1.165) is 43.9 Å². The third-order valence-corrected chi connectivity index (χ3v) is 10.8. The molecule has 3 aromatic heterocycles. The summed E-state index contributed by atoms with van der Waals surface area (Å²) in [4.78, 5) is 9.14. The molecule has 0 saturated carbocycles. The summed E-state index contributed by atoms with van der Waals surface area (Å²) in [5.74, 6) is 0.456. The van der Waals surface area contributed by atoms with Crippen molar-refractivity contribution in [2.45, 2.75) is 79.4 Å². The maximum absolute atomic E-state index is 8.39. The summed E-state index contributed by atoms with van der Waals surface area (Å²) in [5, 5.41) is 5.10.